The highest BCUT2D eigenvalue weighted by Crippen LogP contribution is 2.56. The number of nitrogens with zero attached hydrogens (tertiary/aromatic N) is 3. The maximum atomic E-state index is 13.9. The number of aryl methyl sites for hydroxylation is 1. The van der Waals surface area contributed by atoms with Crippen molar-refractivity contribution in [3.05, 3.63) is 128 Å². The molecule has 0 bridgehead atoms. The lowest BCUT2D eigenvalue weighted by Crippen LogP contribution is -2.54. The molecule has 0 aliphatic carbocycles. The molecule has 1 fully saturated rings. The lowest BCUT2D eigenvalue weighted by Gasteiger charge is -2.47. The summed E-state index contributed by atoms with van der Waals surface area (Å²) in [5.74, 6) is -0.263. The molecule has 63 heavy (non-hydrogen) atoms. The normalized spacial score (nSPS) is 17.3. The predicted octanol–water partition coefficient (Wildman–Crippen LogP) is 6.07. The van der Waals surface area contributed by atoms with Crippen molar-refractivity contribution in [1.82, 2.24) is 14.2 Å². The lowest BCUT2D eigenvalue weighted by atomic mass is 9.64. The van der Waals surface area contributed by atoms with E-state index < -0.39 is 61.7 Å². The molecule has 1 aliphatic heterocycles. The maximum Gasteiger partial charge on any atom is 0.330 e. The molecular formula is C46H57N4O12P. The summed E-state index contributed by atoms with van der Waals surface area (Å²) in [5, 5.41) is 18.8. The Morgan fingerprint density at radius 1 is 0.905 bits per heavy atom. The minimum atomic E-state index is -2.05. The van der Waals surface area contributed by atoms with E-state index in [2.05, 4.69) is 15.7 Å². The van der Waals surface area contributed by atoms with Gasteiger partial charge in [-0.1, -0.05) is 54.6 Å². The third-order valence-corrected chi connectivity index (χ3v) is 12.8. The third-order valence-electron chi connectivity index (χ3n) is 10.7. The molecule has 0 amide bonds. The van der Waals surface area contributed by atoms with Gasteiger partial charge in [-0.05, 0) is 75.6 Å². The fraction of sp³-hybridized carbons (Fsp3) is 0.457. The average Bonchev–Trinajstić information content (AvgIpc) is 3.69. The highest BCUT2D eigenvalue weighted by atomic mass is 31.2. The van der Waals surface area contributed by atoms with Crippen LogP contribution in [0.15, 0.2) is 94.6 Å². The molecule has 5 rings (SSSR count). The van der Waals surface area contributed by atoms with Gasteiger partial charge in [0.15, 0.2) is 0 Å². The number of methoxy groups -OCH3 is 2. The summed E-state index contributed by atoms with van der Waals surface area (Å²) < 4.78 is 47.0. The number of aliphatic hydroxyl groups is 1. The second-order valence-electron chi connectivity index (χ2n) is 15.4. The van der Waals surface area contributed by atoms with Gasteiger partial charge in [0.25, 0.3) is 14.1 Å². The van der Waals surface area contributed by atoms with E-state index in [0.717, 1.165) is 16.7 Å². The van der Waals surface area contributed by atoms with Gasteiger partial charge in [-0.3, -0.25) is 23.9 Å². The molecule has 17 heteroatoms. The first kappa shape index (κ1) is 48.6. The van der Waals surface area contributed by atoms with Crippen molar-refractivity contribution < 1.29 is 47.4 Å². The molecule has 0 spiro atoms. The van der Waals surface area contributed by atoms with Gasteiger partial charge in [-0.25, -0.2) is 9.46 Å². The molecule has 0 radical (unpaired) electrons. The van der Waals surface area contributed by atoms with Crippen molar-refractivity contribution in [3.63, 3.8) is 0 Å². The Labute approximate surface area is 368 Å². The van der Waals surface area contributed by atoms with Crippen molar-refractivity contribution in [1.29, 1.82) is 5.26 Å². The van der Waals surface area contributed by atoms with Gasteiger partial charge in [0.2, 0.25) is 0 Å². The molecule has 4 aromatic rings. The number of carbonyl (C=O) groups is 2. The van der Waals surface area contributed by atoms with Gasteiger partial charge >= 0.3 is 17.6 Å². The van der Waals surface area contributed by atoms with Crippen molar-refractivity contribution in [2.45, 2.75) is 102 Å². The number of nitrogens with one attached hydrogen (secondary N) is 1. The quantitative estimate of drug-likeness (QED) is 0.0399. The topological polar surface area (TPSA) is 201 Å². The van der Waals surface area contributed by atoms with E-state index >= 15 is 0 Å². The van der Waals surface area contributed by atoms with Crippen molar-refractivity contribution in [3.8, 4) is 17.6 Å². The van der Waals surface area contributed by atoms with Crippen molar-refractivity contribution >= 4 is 20.5 Å². The number of hydrogen-bond donors (Lipinski definition) is 2. The van der Waals surface area contributed by atoms with Crippen LogP contribution in [0.4, 0.5) is 0 Å². The zero-order valence-corrected chi connectivity index (χ0v) is 37.6. The Morgan fingerprint density at radius 3 is 2.02 bits per heavy atom. The van der Waals surface area contributed by atoms with E-state index in [0.29, 0.717) is 11.5 Å². The van der Waals surface area contributed by atoms with Crippen LogP contribution in [-0.4, -0.2) is 95.7 Å². The minimum Gasteiger partial charge on any atom is -0.497 e. The van der Waals surface area contributed by atoms with Gasteiger partial charge in [0.05, 0.1) is 58.2 Å². The molecule has 2 heterocycles. The summed E-state index contributed by atoms with van der Waals surface area (Å²) in [5.41, 5.74) is -0.206. The van der Waals surface area contributed by atoms with Crippen LogP contribution in [0.3, 0.4) is 0 Å². The molecule has 0 saturated carbocycles. The summed E-state index contributed by atoms with van der Waals surface area (Å²) in [4.78, 5) is 54.8. The summed E-state index contributed by atoms with van der Waals surface area (Å²) in [6.07, 6.45) is -3.87. The zero-order valence-electron chi connectivity index (χ0n) is 36.7. The van der Waals surface area contributed by atoms with E-state index in [1.165, 1.54) is 10.8 Å². The third kappa shape index (κ3) is 11.6. The lowest BCUT2D eigenvalue weighted by molar-refractivity contribution is -0.159. The highest BCUT2D eigenvalue weighted by molar-refractivity contribution is 7.44. The van der Waals surface area contributed by atoms with Crippen LogP contribution in [0.5, 0.6) is 11.5 Å². The summed E-state index contributed by atoms with van der Waals surface area (Å²) in [7, 11) is 1.10. The number of ether oxygens (including phenoxy) is 5. The first-order valence-electron chi connectivity index (χ1n) is 20.8. The largest absolute Gasteiger partial charge is 0.497 e. The number of nitriles is 1. The Bertz CT molecular complexity index is 2200. The van der Waals surface area contributed by atoms with Crippen LogP contribution in [0.1, 0.15) is 81.9 Å². The Hall–Kier alpha value is -5.40. The fourth-order valence-corrected chi connectivity index (χ4v) is 9.64. The zero-order chi connectivity index (χ0) is 45.7. The second-order valence-corrected chi connectivity index (χ2v) is 16.9. The molecule has 1 aliphatic rings. The number of aromatic nitrogens is 2. The van der Waals surface area contributed by atoms with E-state index in [-0.39, 0.29) is 63.2 Å². The number of rotatable bonds is 22. The maximum absolute atomic E-state index is 13.9. The van der Waals surface area contributed by atoms with Crippen molar-refractivity contribution in [2.75, 3.05) is 34.0 Å². The Morgan fingerprint density at radius 2 is 1.48 bits per heavy atom. The second kappa shape index (κ2) is 22.8. The van der Waals surface area contributed by atoms with Gasteiger partial charge in [-0.15, -0.1) is 0 Å². The number of carbonyl (C=O) groups excluding carboxylic acids is 2. The first-order valence-corrected chi connectivity index (χ1v) is 21.9. The molecule has 16 nitrogen and oxygen atoms in total. The Balaban J connectivity index is 1.85. The molecule has 5 atom stereocenters. The molecule has 2 unspecified atom stereocenters. The summed E-state index contributed by atoms with van der Waals surface area (Å²) in [6, 6.07) is 26.6. The SMILES string of the molecule is COc1ccc(C(c2ccccc2)(c2ccc(OC)cc2)C(OP(OCCC#N)N(C(C)C)C(C)C)[C@H]2O[C@@H](n3cc(C)c(=O)[nH]c3=O)C[C@@H]2OC(=O)CCC(=O)OCCO)cc1. The van der Waals surface area contributed by atoms with Crippen LogP contribution in [-0.2, 0) is 38.3 Å². The molecule has 1 saturated heterocycles. The van der Waals surface area contributed by atoms with Crippen LogP contribution in [0.2, 0.25) is 0 Å². The van der Waals surface area contributed by atoms with Crippen molar-refractivity contribution in [2.24, 2.45) is 0 Å². The standard InChI is InChI=1S/C46H57N4O12P/c1-30(2)50(31(3)4)63(59-26-11-24-47)62-43(46(33-12-9-8-10-13-33,34-14-18-36(56-6)19-15-34)35-16-20-37(57-7)21-17-35)42-38(60-41(53)23-22-40(52)58-27-25-51)28-39(61-42)49-29-32(5)44(54)48-45(49)55/h8-10,12-21,29-31,38-39,42-43,51H,11,22-23,25-28H2,1-7H3,(H,48,54,55)/t38-,39+,42-,43?,63?/m0/s1. The monoisotopic (exact) mass is 888 g/mol. The van der Waals surface area contributed by atoms with Gasteiger partial charge in [0, 0.05) is 30.3 Å². The van der Waals surface area contributed by atoms with Gasteiger partial charge in [0.1, 0.15) is 42.6 Å². The molecule has 2 N–H and O–H groups in total. The van der Waals surface area contributed by atoms with E-state index in [9.17, 15) is 24.4 Å². The van der Waals surface area contributed by atoms with Crippen LogP contribution in [0, 0.1) is 18.3 Å². The highest BCUT2D eigenvalue weighted by Gasteiger charge is 2.56. The fourth-order valence-electron chi connectivity index (χ4n) is 7.86. The summed E-state index contributed by atoms with van der Waals surface area (Å²) in [6.45, 7) is 9.07. The average molecular weight is 889 g/mol. The van der Waals surface area contributed by atoms with Crippen LogP contribution < -0.4 is 20.7 Å². The van der Waals surface area contributed by atoms with E-state index in [4.69, 9.17) is 37.8 Å². The van der Waals surface area contributed by atoms with E-state index in [1.54, 1.807) is 21.1 Å². The van der Waals surface area contributed by atoms with Crippen LogP contribution in [0.25, 0.3) is 0 Å². The number of hydrogen-bond acceptors (Lipinski definition) is 14. The number of esters is 2. The number of aromatic amines is 1. The molecular weight excluding hydrogens is 831 g/mol. The molecule has 3 aromatic carbocycles. The van der Waals surface area contributed by atoms with E-state index in [1.807, 2.05) is 107 Å². The first-order chi connectivity index (χ1) is 30.3. The smallest absolute Gasteiger partial charge is 0.330 e. The van der Waals surface area contributed by atoms with Gasteiger partial charge < -0.3 is 37.8 Å². The predicted molar refractivity (Wildman–Crippen MR) is 234 cm³/mol. The number of benzene rings is 3. The van der Waals surface area contributed by atoms with Gasteiger partial charge in [-0.2, -0.15) is 5.26 Å². The summed E-state index contributed by atoms with van der Waals surface area (Å²) >= 11 is 0. The molecule has 1 aromatic heterocycles. The number of aliphatic hydroxyl groups excluding tert-OH is 1. The molecule has 338 valence electrons. The minimum absolute atomic E-state index is 0.0409. The number of H-pyrrole nitrogens is 1. The Kier molecular flexibility index (Phi) is 17.6. The van der Waals surface area contributed by atoms with Crippen LogP contribution >= 0.6 is 8.53 Å².